The van der Waals surface area contributed by atoms with Crippen molar-refractivity contribution in [3.63, 3.8) is 0 Å². The molecule has 0 aliphatic carbocycles. The molecule has 0 spiro atoms. The van der Waals surface area contributed by atoms with Gasteiger partial charge in [-0.1, -0.05) is 19.1 Å². The molecule has 2 aromatic rings. The SMILES string of the molecule is C#CCCCC(NCC)c1cccc2nccnc12. The molecule has 1 aromatic carbocycles. The average molecular weight is 253 g/mol. The normalized spacial score (nSPS) is 12.2. The molecule has 1 heterocycles. The van der Waals surface area contributed by atoms with E-state index in [1.54, 1.807) is 12.4 Å². The van der Waals surface area contributed by atoms with E-state index in [1.807, 2.05) is 12.1 Å². The molecule has 0 aliphatic rings. The van der Waals surface area contributed by atoms with Crippen molar-refractivity contribution in [1.29, 1.82) is 0 Å². The number of nitrogens with one attached hydrogen (secondary N) is 1. The first-order valence-electron chi connectivity index (χ1n) is 6.73. The van der Waals surface area contributed by atoms with Crippen molar-refractivity contribution in [2.75, 3.05) is 6.54 Å². The lowest BCUT2D eigenvalue weighted by Crippen LogP contribution is -2.21. The molecule has 0 fully saturated rings. The van der Waals surface area contributed by atoms with Gasteiger partial charge in [-0.05, 0) is 31.0 Å². The van der Waals surface area contributed by atoms with E-state index in [-0.39, 0.29) is 0 Å². The number of rotatable bonds is 6. The maximum Gasteiger partial charge on any atom is 0.0934 e. The minimum Gasteiger partial charge on any atom is -0.310 e. The Bertz CT molecular complexity index is 566. The zero-order chi connectivity index (χ0) is 13.5. The summed E-state index contributed by atoms with van der Waals surface area (Å²) in [4.78, 5) is 8.83. The topological polar surface area (TPSA) is 37.8 Å². The summed E-state index contributed by atoms with van der Waals surface area (Å²) in [6.45, 7) is 3.04. The Morgan fingerprint density at radius 2 is 2.16 bits per heavy atom. The highest BCUT2D eigenvalue weighted by atomic mass is 14.9. The van der Waals surface area contributed by atoms with Crippen LogP contribution >= 0.6 is 0 Å². The van der Waals surface area contributed by atoms with Gasteiger partial charge in [0.15, 0.2) is 0 Å². The van der Waals surface area contributed by atoms with E-state index in [0.29, 0.717) is 6.04 Å². The number of benzene rings is 1. The lowest BCUT2D eigenvalue weighted by atomic mass is 9.99. The van der Waals surface area contributed by atoms with E-state index >= 15 is 0 Å². The summed E-state index contributed by atoms with van der Waals surface area (Å²) >= 11 is 0. The van der Waals surface area contributed by atoms with Gasteiger partial charge in [0.25, 0.3) is 0 Å². The van der Waals surface area contributed by atoms with Crippen LogP contribution in [-0.2, 0) is 0 Å². The van der Waals surface area contributed by atoms with Crippen LogP contribution in [0.3, 0.4) is 0 Å². The highest BCUT2D eigenvalue weighted by Gasteiger charge is 2.13. The van der Waals surface area contributed by atoms with Crippen LogP contribution in [0.25, 0.3) is 11.0 Å². The fraction of sp³-hybridized carbons (Fsp3) is 0.375. The third kappa shape index (κ3) is 3.30. The summed E-state index contributed by atoms with van der Waals surface area (Å²) in [5.41, 5.74) is 3.14. The van der Waals surface area contributed by atoms with E-state index in [4.69, 9.17) is 6.42 Å². The first-order chi connectivity index (χ1) is 9.36. The molecule has 0 saturated heterocycles. The fourth-order valence-corrected chi connectivity index (χ4v) is 2.32. The third-order valence-corrected chi connectivity index (χ3v) is 3.17. The van der Waals surface area contributed by atoms with Gasteiger partial charge in [0.2, 0.25) is 0 Å². The quantitative estimate of drug-likeness (QED) is 0.635. The number of nitrogens with zero attached hydrogens (tertiary/aromatic N) is 2. The van der Waals surface area contributed by atoms with Crippen molar-refractivity contribution in [3.05, 3.63) is 36.2 Å². The number of terminal acetylenes is 1. The number of fused-ring (bicyclic) bond motifs is 1. The average Bonchev–Trinajstić information content (AvgIpc) is 2.46. The molecular formula is C16H19N3. The molecule has 0 amide bonds. The van der Waals surface area contributed by atoms with Crippen LogP contribution in [0.2, 0.25) is 0 Å². The molecule has 1 N–H and O–H groups in total. The van der Waals surface area contributed by atoms with E-state index in [1.165, 1.54) is 5.56 Å². The van der Waals surface area contributed by atoms with Gasteiger partial charge in [-0.25, -0.2) is 0 Å². The Morgan fingerprint density at radius 3 is 2.95 bits per heavy atom. The van der Waals surface area contributed by atoms with E-state index in [9.17, 15) is 0 Å². The first kappa shape index (κ1) is 13.5. The summed E-state index contributed by atoms with van der Waals surface area (Å²) in [6.07, 6.45) is 11.7. The molecule has 2 rings (SSSR count). The molecule has 19 heavy (non-hydrogen) atoms. The Labute approximate surface area is 114 Å². The minimum atomic E-state index is 0.291. The zero-order valence-corrected chi connectivity index (χ0v) is 11.3. The Balaban J connectivity index is 2.30. The molecule has 1 unspecified atom stereocenters. The van der Waals surface area contributed by atoms with Crippen LogP contribution in [0.5, 0.6) is 0 Å². The lowest BCUT2D eigenvalue weighted by Gasteiger charge is -2.19. The van der Waals surface area contributed by atoms with Gasteiger partial charge >= 0.3 is 0 Å². The second kappa shape index (κ2) is 6.86. The summed E-state index contributed by atoms with van der Waals surface area (Å²) < 4.78 is 0. The number of para-hydroxylation sites is 1. The van der Waals surface area contributed by atoms with Crippen molar-refractivity contribution in [2.24, 2.45) is 0 Å². The maximum absolute atomic E-state index is 5.33. The van der Waals surface area contributed by atoms with Gasteiger partial charge in [-0.15, -0.1) is 12.3 Å². The highest BCUT2D eigenvalue weighted by Crippen LogP contribution is 2.25. The van der Waals surface area contributed by atoms with Crippen molar-refractivity contribution in [1.82, 2.24) is 15.3 Å². The Kier molecular flexibility index (Phi) is 4.88. The predicted octanol–water partition coefficient (Wildman–Crippen LogP) is 3.08. The maximum atomic E-state index is 5.33. The second-order valence-corrected chi connectivity index (χ2v) is 4.48. The van der Waals surface area contributed by atoms with Gasteiger partial charge in [0.1, 0.15) is 0 Å². The number of unbranched alkanes of at least 4 members (excludes halogenated alkanes) is 1. The predicted molar refractivity (Wildman–Crippen MR) is 78.6 cm³/mol. The van der Waals surface area contributed by atoms with Crippen LogP contribution in [0.1, 0.15) is 37.8 Å². The number of aromatic nitrogens is 2. The number of hydrogen-bond donors (Lipinski definition) is 1. The smallest absolute Gasteiger partial charge is 0.0934 e. The highest BCUT2D eigenvalue weighted by molar-refractivity contribution is 5.78. The first-order valence-corrected chi connectivity index (χ1v) is 6.73. The van der Waals surface area contributed by atoms with Crippen LogP contribution in [0.15, 0.2) is 30.6 Å². The molecule has 0 radical (unpaired) electrons. The molecule has 3 nitrogen and oxygen atoms in total. The zero-order valence-electron chi connectivity index (χ0n) is 11.3. The minimum absolute atomic E-state index is 0.291. The molecule has 0 aliphatic heterocycles. The molecule has 3 heteroatoms. The van der Waals surface area contributed by atoms with Gasteiger partial charge < -0.3 is 5.32 Å². The van der Waals surface area contributed by atoms with Gasteiger partial charge in [0, 0.05) is 24.9 Å². The van der Waals surface area contributed by atoms with Crippen molar-refractivity contribution in [2.45, 2.75) is 32.2 Å². The van der Waals surface area contributed by atoms with Crippen LogP contribution in [0, 0.1) is 12.3 Å². The van der Waals surface area contributed by atoms with E-state index < -0.39 is 0 Å². The summed E-state index contributed by atoms with van der Waals surface area (Å²) in [5.74, 6) is 2.70. The standard InChI is InChI=1S/C16H19N3/c1-3-5-6-9-14(17-4-2)13-8-7-10-15-16(13)19-12-11-18-15/h1,7-8,10-12,14,17H,4-6,9H2,2H3. The van der Waals surface area contributed by atoms with Crippen molar-refractivity contribution >= 4 is 11.0 Å². The summed E-state index contributed by atoms with van der Waals surface area (Å²) in [5, 5.41) is 3.51. The van der Waals surface area contributed by atoms with Crippen LogP contribution in [-0.4, -0.2) is 16.5 Å². The molecule has 0 saturated carbocycles. The molecule has 1 aromatic heterocycles. The van der Waals surface area contributed by atoms with E-state index in [2.05, 4.69) is 34.2 Å². The molecule has 0 bridgehead atoms. The fourth-order valence-electron chi connectivity index (χ4n) is 2.32. The molecule has 1 atom stereocenters. The van der Waals surface area contributed by atoms with Gasteiger partial charge in [0.05, 0.1) is 11.0 Å². The largest absolute Gasteiger partial charge is 0.310 e. The van der Waals surface area contributed by atoms with Crippen molar-refractivity contribution in [3.8, 4) is 12.3 Å². The van der Waals surface area contributed by atoms with Crippen LogP contribution < -0.4 is 5.32 Å². The lowest BCUT2D eigenvalue weighted by molar-refractivity contribution is 0.504. The Hall–Kier alpha value is -1.92. The van der Waals surface area contributed by atoms with Gasteiger partial charge in [-0.3, -0.25) is 9.97 Å². The Morgan fingerprint density at radius 1 is 1.32 bits per heavy atom. The number of hydrogen-bond acceptors (Lipinski definition) is 3. The summed E-state index contributed by atoms with van der Waals surface area (Å²) in [6, 6.07) is 6.45. The van der Waals surface area contributed by atoms with Gasteiger partial charge in [-0.2, -0.15) is 0 Å². The molecule has 98 valence electrons. The second-order valence-electron chi connectivity index (χ2n) is 4.48. The van der Waals surface area contributed by atoms with Crippen molar-refractivity contribution < 1.29 is 0 Å². The third-order valence-electron chi connectivity index (χ3n) is 3.17. The van der Waals surface area contributed by atoms with Crippen LogP contribution in [0.4, 0.5) is 0 Å². The van der Waals surface area contributed by atoms with E-state index in [0.717, 1.165) is 36.8 Å². The molecular weight excluding hydrogens is 234 g/mol. The summed E-state index contributed by atoms with van der Waals surface area (Å²) in [7, 11) is 0. The monoisotopic (exact) mass is 253 g/mol.